The van der Waals surface area contributed by atoms with Gasteiger partial charge in [0.15, 0.2) is 0 Å². The number of anilines is 2. The van der Waals surface area contributed by atoms with Crippen molar-refractivity contribution < 1.29 is 4.79 Å². The quantitative estimate of drug-likeness (QED) is 0.527. The molecule has 3 N–H and O–H groups in total. The van der Waals surface area contributed by atoms with Gasteiger partial charge in [-0.05, 0) is 52.2 Å². The van der Waals surface area contributed by atoms with E-state index in [2.05, 4.69) is 29.6 Å². The molecule has 1 amide bonds. The third-order valence-electron chi connectivity index (χ3n) is 4.41. The average molecular weight is 338 g/mol. The summed E-state index contributed by atoms with van der Waals surface area (Å²) < 4.78 is 0. The first kappa shape index (κ1) is 15.9. The van der Waals surface area contributed by atoms with Crippen molar-refractivity contribution in [1.82, 2.24) is 0 Å². The molecule has 0 radical (unpaired) electrons. The molecule has 0 spiro atoms. The second-order valence-electron chi connectivity index (χ2n) is 6.18. The van der Waals surface area contributed by atoms with E-state index >= 15 is 0 Å². The number of hydrogen-bond acceptors (Lipinski definition) is 2. The molecule has 0 unspecified atom stereocenters. The van der Waals surface area contributed by atoms with E-state index in [-0.39, 0.29) is 0 Å². The number of nitrogens with one attached hydrogen (secondary N) is 1. The van der Waals surface area contributed by atoms with Gasteiger partial charge in [0.1, 0.15) is 0 Å². The van der Waals surface area contributed by atoms with Crippen LogP contribution in [0.3, 0.4) is 0 Å². The second-order valence-corrected chi connectivity index (χ2v) is 6.18. The number of hydrogen-bond donors (Lipinski definition) is 2. The van der Waals surface area contributed by atoms with Crippen LogP contribution in [-0.2, 0) is 0 Å². The number of amides is 1. The van der Waals surface area contributed by atoms with Crippen LogP contribution in [-0.4, -0.2) is 5.91 Å². The van der Waals surface area contributed by atoms with Crippen molar-refractivity contribution in [2.24, 2.45) is 5.73 Å². The molecule has 0 saturated heterocycles. The molecule has 0 aliphatic heterocycles. The maximum atomic E-state index is 11.8. The van der Waals surface area contributed by atoms with Gasteiger partial charge >= 0.3 is 0 Å². The van der Waals surface area contributed by atoms with Crippen molar-refractivity contribution in [3.8, 4) is 11.1 Å². The number of carbonyl (C=O) groups is 1. The Labute approximate surface area is 152 Å². The second kappa shape index (κ2) is 6.73. The summed E-state index contributed by atoms with van der Waals surface area (Å²) in [5.74, 6) is -0.430. The van der Waals surface area contributed by atoms with E-state index in [0.29, 0.717) is 5.56 Å². The summed E-state index contributed by atoms with van der Waals surface area (Å²) in [6.45, 7) is 0. The summed E-state index contributed by atoms with van der Waals surface area (Å²) in [4.78, 5) is 11.8. The smallest absolute Gasteiger partial charge is 0.249 e. The molecule has 4 aromatic rings. The van der Waals surface area contributed by atoms with E-state index in [0.717, 1.165) is 22.5 Å². The van der Waals surface area contributed by atoms with Crippen LogP contribution in [0, 0.1) is 0 Å². The van der Waals surface area contributed by atoms with Crippen LogP contribution in [0.2, 0.25) is 0 Å². The lowest BCUT2D eigenvalue weighted by Crippen LogP contribution is -2.12. The maximum absolute atomic E-state index is 11.8. The highest BCUT2D eigenvalue weighted by atomic mass is 16.1. The highest BCUT2D eigenvalue weighted by Gasteiger charge is 2.11. The summed E-state index contributed by atoms with van der Waals surface area (Å²) in [6.07, 6.45) is 0. The number of nitrogens with two attached hydrogens (primary N) is 1. The summed E-state index contributed by atoms with van der Waals surface area (Å²) in [7, 11) is 0. The van der Waals surface area contributed by atoms with E-state index < -0.39 is 5.91 Å². The van der Waals surface area contributed by atoms with E-state index in [1.54, 1.807) is 6.07 Å². The number of primary amides is 1. The van der Waals surface area contributed by atoms with Crippen LogP contribution in [0.4, 0.5) is 11.4 Å². The topological polar surface area (TPSA) is 55.1 Å². The lowest BCUT2D eigenvalue weighted by atomic mass is 9.98. The Morgan fingerprint density at radius 3 is 2.12 bits per heavy atom. The van der Waals surface area contributed by atoms with Gasteiger partial charge in [0, 0.05) is 16.9 Å². The molecule has 4 aromatic carbocycles. The van der Waals surface area contributed by atoms with Crippen LogP contribution in [0.25, 0.3) is 21.9 Å². The van der Waals surface area contributed by atoms with Crippen molar-refractivity contribution in [1.29, 1.82) is 0 Å². The first-order valence-electron chi connectivity index (χ1n) is 8.46. The standard InChI is InChI=1S/C23H18N2O/c24-23(26)21-13-12-20(15-22(21)17-7-2-1-3-8-17)25-19-11-10-16-6-4-5-9-18(16)14-19/h1-15,25H,(H2,24,26). The SMILES string of the molecule is NC(=O)c1ccc(Nc2ccc3ccccc3c2)cc1-c1ccccc1. The summed E-state index contributed by atoms with van der Waals surface area (Å²) >= 11 is 0. The molecular formula is C23H18N2O. The van der Waals surface area contributed by atoms with E-state index in [1.807, 2.05) is 60.7 Å². The first-order chi connectivity index (χ1) is 12.7. The van der Waals surface area contributed by atoms with Gasteiger partial charge in [0.25, 0.3) is 0 Å². The third-order valence-corrected chi connectivity index (χ3v) is 4.41. The Bertz CT molecular complexity index is 1090. The van der Waals surface area contributed by atoms with E-state index in [1.165, 1.54) is 10.8 Å². The molecule has 0 atom stereocenters. The molecule has 0 aromatic heterocycles. The molecule has 4 rings (SSSR count). The number of benzene rings is 4. The Balaban J connectivity index is 1.73. The van der Waals surface area contributed by atoms with Gasteiger partial charge in [-0.25, -0.2) is 0 Å². The Kier molecular flexibility index (Phi) is 4.12. The molecule has 3 heteroatoms. The largest absolute Gasteiger partial charge is 0.366 e. The number of fused-ring (bicyclic) bond motifs is 1. The highest BCUT2D eigenvalue weighted by molar-refractivity contribution is 6.00. The zero-order valence-electron chi connectivity index (χ0n) is 14.1. The normalized spacial score (nSPS) is 10.6. The summed E-state index contributed by atoms with van der Waals surface area (Å²) in [6, 6.07) is 29.9. The van der Waals surface area contributed by atoms with Crippen LogP contribution >= 0.6 is 0 Å². The fraction of sp³-hybridized carbons (Fsp3) is 0. The molecule has 3 nitrogen and oxygen atoms in total. The van der Waals surface area contributed by atoms with Gasteiger partial charge in [-0.15, -0.1) is 0 Å². The van der Waals surface area contributed by atoms with Crippen molar-refractivity contribution >= 4 is 28.1 Å². The number of rotatable bonds is 4. The van der Waals surface area contributed by atoms with Gasteiger partial charge in [0.2, 0.25) is 5.91 Å². The molecular weight excluding hydrogens is 320 g/mol. The van der Waals surface area contributed by atoms with Crippen LogP contribution in [0.15, 0.2) is 91.0 Å². The molecule has 0 saturated carbocycles. The molecule has 0 heterocycles. The summed E-state index contributed by atoms with van der Waals surface area (Å²) in [5, 5.41) is 5.80. The fourth-order valence-corrected chi connectivity index (χ4v) is 3.13. The minimum absolute atomic E-state index is 0.430. The monoisotopic (exact) mass is 338 g/mol. The molecule has 0 aliphatic rings. The first-order valence-corrected chi connectivity index (χ1v) is 8.46. The lowest BCUT2D eigenvalue weighted by molar-refractivity contribution is 0.100. The van der Waals surface area contributed by atoms with Crippen LogP contribution in [0.5, 0.6) is 0 Å². The molecule has 26 heavy (non-hydrogen) atoms. The number of carbonyl (C=O) groups excluding carboxylic acids is 1. The minimum atomic E-state index is -0.430. The van der Waals surface area contributed by atoms with Gasteiger partial charge in [-0.3, -0.25) is 4.79 Å². The van der Waals surface area contributed by atoms with Gasteiger partial charge in [-0.1, -0.05) is 60.7 Å². The zero-order valence-corrected chi connectivity index (χ0v) is 14.1. The molecule has 0 aliphatic carbocycles. The predicted octanol–water partition coefficient (Wildman–Crippen LogP) is 5.35. The fourth-order valence-electron chi connectivity index (χ4n) is 3.13. The maximum Gasteiger partial charge on any atom is 0.249 e. The Morgan fingerprint density at radius 1 is 0.692 bits per heavy atom. The molecule has 0 fully saturated rings. The highest BCUT2D eigenvalue weighted by Crippen LogP contribution is 2.29. The Hall–Kier alpha value is -3.59. The van der Waals surface area contributed by atoms with Crippen LogP contribution in [0.1, 0.15) is 10.4 Å². The Morgan fingerprint density at radius 2 is 1.35 bits per heavy atom. The van der Waals surface area contributed by atoms with Crippen molar-refractivity contribution in [3.05, 3.63) is 96.6 Å². The van der Waals surface area contributed by atoms with E-state index in [4.69, 9.17) is 5.73 Å². The van der Waals surface area contributed by atoms with Crippen LogP contribution < -0.4 is 11.1 Å². The third kappa shape index (κ3) is 3.15. The summed E-state index contributed by atoms with van der Waals surface area (Å²) in [5.41, 5.74) is 9.76. The van der Waals surface area contributed by atoms with Gasteiger partial charge < -0.3 is 11.1 Å². The zero-order chi connectivity index (χ0) is 17.9. The van der Waals surface area contributed by atoms with Gasteiger partial charge in [0.05, 0.1) is 0 Å². The average Bonchev–Trinajstić information content (AvgIpc) is 2.68. The molecule has 0 bridgehead atoms. The molecule has 126 valence electrons. The predicted molar refractivity (Wildman–Crippen MR) is 108 cm³/mol. The van der Waals surface area contributed by atoms with E-state index in [9.17, 15) is 4.79 Å². The minimum Gasteiger partial charge on any atom is -0.366 e. The van der Waals surface area contributed by atoms with Crippen molar-refractivity contribution in [3.63, 3.8) is 0 Å². The van der Waals surface area contributed by atoms with Crippen molar-refractivity contribution in [2.45, 2.75) is 0 Å². The lowest BCUT2D eigenvalue weighted by Gasteiger charge is -2.12. The van der Waals surface area contributed by atoms with Crippen molar-refractivity contribution in [2.75, 3.05) is 5.32 Å². The van der Waals surface area contributed by atoms with Gasteiger partial charge in [-0.2, -0.15) is 0 Å².